The van der Waals surface area contributed by atoms with E-state index in [1.54, 1.807) is 18.2 Å². The second-order valence-electron chi connectivity index (χ2n) is 8.11. The van der Waals surface area contributed by atoms with Crippen LogP contribution in [0.5, 0.6) is 0 Å². The van der Waals surface area contributed by atoms with Crippen LogP contribution in [0.3, 0.4) is 0 Å². The van der Waals surface area contributed by atoms with Gasteiger partial charge < -0.3 is 19.3 Å². The van der Waals surface area contributed by atoms with Gasteiger partial charge in [-0.1, -0.05) is 24.6 Å². The molecule has 0 spiro atoms. The molecule has 1 aliphatic carbocycles. The van der Waals surface area contributed by atoms with Crippen LogP contribution in [0, 0.1) is 5.82 Å². The maximum atomic E-state index is 13.6. The summed E-state index contributed by atoms with van der Waals surface area (Å²) in [4.78, 5) is 1.42. The highest BCUT2D eigenvalue weighted by molar-refractivity contribution is 5.18. The van der Waals surface area contributed by atoms with Gasteiger partial charge in [0, 0.05) is 12.7 Å². The van der Waals surface area contributed by atoms with Gasteiger partial charge in [-0.25, -0.2) is 4.39 Å². The van der Waals surface area contributed by atoms with Crippen LogP contribution in [0.1, 0.15) is 43.4 Å². The smallest absolute Gasteiger partial charge is 0.126 e. The third-order valence-electron chi connectivity index (χ3n) is 5.80. The fraction of sp³-hybridized carbons (Fsp3) is 0.500. The van der Waals surface area contributed by atoms with Gasteiger partial charge in [-0.3, -0.25) is 0 Å². The number of benzene rings is 1. The van der Waals surface area contributed by atoms with Gasteiger partial charge in [0.05, 0.1) is 24.9 Å². The second-order valence-corrected chi connectivity index (χ2v) is 8.11. The molecule has 1 aliphatic rings. The van der Waals surface area contributed by atoms with Crippen molar-refractivity contribution >= 4 is 0 Å². The van der Waals surface area contributed by atoms with Crippen LogP contribution in [0.4, 0.5) is 4.39 Å². The molecule has 1 aromatic heterocycles. The van der Waals surface area contributed by atoms with Crippen LogP contribution in [0.25, 0.3) is 0 Å². The summed E-state index contributed by atoms with van der Waals surface area (Å²) in [6.07, 6.45) is 9.53. The molecule has 5 heteroatoms. The largest absolute Gasteiger partial charge is 0.385 e. The Morgan fingerprint density at radius 2 is 2.07 bits per heavy atom. The van der Waals surface area contributed by atoms with Gasteiger partial charge in [0.25, 0.3) is 0 Å². The second kappa shape index (κ2) is 11.3. The van der Waals surface area contributed by atoms with Crippen LogP contribution >= 0.6 is 0 Å². The van der Waals surface area contributed by atoms with Crippen LogP contribution in [0.15, 0.2) is 55.3 Å². The Bertz CT molecular complexity index is 755. The van der Waals surface area contributed by atoms with Gasteiger partial charge in [-0.2, -0.15) is 0 Å². The number of aliphatic hydroxyl groups excluding tert-OH is 1. The molecule has 0 radical (unpaired) electrons. The molecule has 3 rings (SSSR count). The van der Waals surface area contributed by atoms with Crippen molar-refractivity contribution in [3.05, 3.63) is 72.3 Å². The van der Waals surface area contributed by atoms with Crippen molar-refractivity contribution in [3.63, 3.8) is 0 Å². The molecule has 1 aromatic carbocycles. The Labute approximate surface area is 173 Å². The molecule has 158 valence electrons. The van der Waals surface area contributed by atoms with Gasteiger partial charge in [0.1, 0.15) is 25.0 Å². The Morgan fingerprint density at radius 1 is 1.24 bits per heavy atom. The molecule has 2 atom stereocenters. The predicted octanol–water partition coefficient (Wildman–Crippen LogP) is 2.96. The van der Waals surface area contributed by atoms with Crippen molar-refractivity contribution < 1.29 is 19.1 Å². The average Bonchev–Trinajstić information content (AvgIpc) is 3.15. The quantitative estimate of drug-likeness (QED) is 0.449. The minimum absolute atomic E-state index is 0.201. The zero-order valence-corrected chi connectivity index (χ0v) is 17.2. The van der Waals surface area contributed by atoms with E-state index in [0.29, 0.717) is 32.3 Å². The van der Waals surface area contributed by atoms with Crippen molar-refractivity contribution in [3.8, 4) is 0 Å². The summed E-state index contributed by atoms with van der Waals surface area (Å²) in [7, 11) is 0. The first-order valence-electron chi connectivity index (χ1n) is 10.8. The number of hydrogen-bond donors (Lipinski definition) is 2. The van der Waals surface area contributed by atoms with Gasteiger partial charge in [-0.15, -0.1) is 6.58 Å². The van der Waals surface area contributed by atoms with Crippen LogP contribution in [0.2, 0.25) is 0 Å². The molecule has 0 aliphatic heterocycles. The molecule has 0 bridgehead atoms. The number of aromatic nitrogens is 1. The van der Waals surface area contributed by atoms with E-state index in [1.165, 1.54) is 48.8 Å². The Kier molecular flexibility index (Phi) is 8.47. The zero-order chi connectivity index (χ0) is 20.5. The molecule has 1 unspecified atom stereocenters. The minimum atomic E-state index is -0.487. The van der Waals surface area contributed by atoms with E-state index >= 15 is 0 Å². The summed E-state index contributed by atoms with van der Waals surface area (Å²) in [5, 5.41) is 10.5. The summed E-state index contributed by atoms with van der Waals surface area (Å²) >= 11 is 0. The molecule has 4 nitrogen and oxygen atoms in total. The fourth-order valence-electron chi connectivity index (χ4n) is 4.37. The van der Waals surface area contributed by atoms with Gasteiger partial charge in [0.2, 0.25) is 0 Å². The lowest BCUT2D eigenvalue weighted by molar-refractivity contribution is -0.943. The number of quaternary nitrogens is 1. The average molecular weight is 402 g/mol. The van der Waals surface area contributed by atoms with E-state index in [2.05, 4.69) is 29.5 Å². The first kappa shape index (κ1) is 21.8. The van der Waals surface area contributed by atoms with Gasteiger partial charge >= 0.3 is 0 Å². The Hall–Kier alpha value is -1.95. The Balaban J connectivity index is 1.68. The Morgan fingerprint density at radius 3 is 2.83 bits per heavy atom. The van der Waals surface area contributed by atoms with Crippen molar-refractivity contribution in [1.29, 1.82) is 0 Å². The van der Waals surface area contributed by atoms with E-state index in [1.807, 2.05) is 6.07 Å². The van der Waals surface area contributed by atoms with Crippen molar-refractivity contribution in [2.45, 2.75) is 57.3 Å². The molecule has 0 saturated heterocycles. The lowest BCUT2D eigenvalue weighted by Gasteiger charge is -2.33. The third kappa shape index (κ3) is 6.81. The van der Waals surface area contributed by atoms with Crippen molar-refractivity contribution in [2.75, 3.05) is 19.8 Å². The standard InChI is InChI=1S/C24H33FN2O2/c1-2-14-29-19-24(28)18-27(22-10-4-3-5-11-22)17-23-12-7-13-26(23)16-20-8-6-9-21(25)15-20/h2,6-9,12-13,15,22,24,28H,1,3-5,10-11,14,16-19H2/p+1/t24-/m0/s1. The van der Waals surface area contributed by atoms with E-state index in [4.69, 9.17) is 4.74 Å². The maximum Gasteiger partial charge on any atom is 0.126 e. The minimum Gasteiger partial charge on any atom is -0.385 e. The third-order valence-corrected chi connectivity index (χ3v) is 5.80. The van der Waals surface area contributed by atoms with Crippen LogP contribution in [-0.2, 0) is 17.8 Å². The zero-order valence-electron chi connectivity index (χ0n) is 17.2. The monoisotopic (exact) mass is 401 g/mol. The number of ether oxygens (including phenoxy) is 1. The number of nitrogens with zero attached hydrogens (tertiary/aromatic N) is 1. The summed E-state index contributed by atoms with van der Waals surface area (Å²) in [5.41, 5.74) is 2.17. The van der Waals surface area contributed by atoms with Crippen LogP contribution in [-0.4, -0.2) is 41.6 Å². The number of halogens is 1. The lowest BCUT2D eigenvalue weighted by atomic mass is 9.94. The molecule has 2 aromatic rings. The molecule has 1 fully saturated rings. The number of hydrogen-bond acceptors (Lipinski definition) is 2. The summed E-state index contributed by atoms with van der Waals surface area (Å²) in [5.74, 6) is -0.201. The highest BCUT2D eigenvalue weighted by Crippen LogP contribution is 2.16. The van der Waals surface area contributed by atoms with E-state index in [-0.39, 0.29) is 5.82 Å². The first-order chi connectivity index (χ1) is 14.2. The predicted molar refractivity (Wildman–Crippen MR) is 113 cm³/mol. The molecular weight excluding hydrogens is 367 g/mol. The molecular formula is C24H34FN2O2+. The fourth-order valence-corrected chi connectivity index (χ4v) is 4.37. The summed E-state index contributed by atoms with van der Waals surface area (Å²) in [6, 6.07) is 11.5. The van der Waals surface area contributed by atoms with Gasteiger partial charge in [-0.05, 0) is 55.5 Å². The van der Waals surface area contributed by atoms with Crippen molar-refractivity contribution in [2.24, 2.45) is 0 Å². The van der Waals surface area contributed by atoms with Gasteiger partial charge in [0.15, 0.2) is 0 Å². The number of aliphatic hydroxyl groups is 1. The number of nitrogens with one attached hydrogen (secondary N) is 1. The SMILES string of the molecule is C=CCOC[C@@H](O)C[NH+](Cc1cccn1Cc1cccc(F)c1)C1CCCCC1. The highest BCUT2D eigenvalue weighted by Gasteiger charge is 2.27. The molecule has 0 amide bonds. The van der Waals surface area contributed by atoms with Crippen molar-refractivity contribution in [1.82, 2.24) is 4.57 Å². The van der Waals surface area contributed by atoms with Crippen LogP contribution < -0.4 is 4.90 Å². The molecule has 29 heavy (non-hydrogen) atoms. The number of rotatable bonds is 11. The molecule has 1 saturated carbocycles. The highest BCUT2D eigenvalue weighted by atomic mass is 19.1. The van der Waals surface area contributed by atoms with E-state index in [9.17, 15) is 9.50 Å². The topological polar surface area (TPSA) is 38.8 Å². The molecule has 2 N–H and O–H groups in total. The normalized spacial score (nSPS) is 17.2. The van der Waals surface area contributed by atoms with E-state index in [0.717, 1.165) is 12.1 Å². The molecule has 1 heterocycles. The summed E-state index contributed by atoms with van der Waals surface area (Å²) in [6.45, 7) is 6.64. The van der Waals surface area contributed by atoms with E-state index < -0.39 is 6.10 Å². The lowest BCUT2D eigenvalue weighted by Crippen LogP contribution is -3.15. The summed E-state index contributed by atoms with van der Waals surface area (Å²) < 4.78 is 21.2. The first-order valence-corrected chi connectivity index (χ1v) is 10.8. The maximum absolute atomic E-state index is 13.6.